The number of nitrogens with zero attached hydrogens (tertiary/aromatic N) is 1. The topological polar surface area (TPSA) is 78.5 Å². The Morgan fingerprint density at radius 2 is 1.55 bits per heavy atom. The molecule has 0 saturated heterocycles. The molecule has 162 valence electrons. The van der Waals surface area contributed by atoms with E-state index in [0.29, 0.717) is 6.54 Å². The van der Waals surface area contributed by atoms with Crippen LogP contribution in [0.3, 0.4) is 0 Å². The van der Waals surface area contributed by atoms with E-state index in [1.807, 2.05) is 44.3 Å². The predicted molar refractivity (Wildman–Crippen MR) is 125 cm³/mol. The number of nitrogens with one attached hydrogen (secondary N) is 2. The monoisotopic (exact) mass is 437 g/mol. The van der Waals surface area contributed by atoms with Crippen molar-refractivity contribution in [3.63, 3.8) is 0 Å². The Balaban J connectivity index is 1.60. The molecule has 0 unspecified atom stereocenters. The molecule has 3 rings (SSSR count). The highest BCUT2D eigenvalue weighted by Gasteiger charge is 2.18. The van der Waals surface area contributed by atoms with Gasteiger partial charge in [-0.1, -0.05) is 48.0 Å². The summed E-state index contributed by atoms with van der Waals surface area (Å²) in [5, 5.41) is 2.88. The highest BCUT2D eigenvalue weighted by Crippen LogP contribution is 2.20. The lowest BCUT2D eigenvalue weighted by Gasteiger charge is -2.19. The van der Waals surface area contributed by atoms with Crippen molar-refractivity contribution in [1.29, 1.82) is 0 Å². The fourth-order valence-corrected chi connectivity index (χ4v) is 4.20. The first-order chi connectivity index (χ1) is 14.9. The minimum atomic E-state index is -3.79. The molecule has 2 N–H and O–H groups in total. The first kappa shape index (κ1) is 22.4. The number of carbonyl (C=O) groups excluding carboxylic acids is 1. The molecule has 0 aliphatic carbocycles. The average molecular weight is 438 g/mol. The molecule has 0 fully saturated rings. The van der Waals surface area contributed by atoms with E-state index < -0.39 is 10.0 Å². The number of anilines is 2. The summed E-state index contributed by atoms with van der Waals surface area (Å²) in [6.45, 7) is 3.15. The second kappa shape index (κ2) is 10.1. The molecule has 0 aromatic heterocycles. The second-order valence-corrected chi connectivity index (χ2v) is 9.01. The Morgan fingerprint density at radius 1 is 0.903 bits per heavy atom. The summed E-state index contributed by atoms with van der Waals surface area (Å²) in [4.78, 5) is 15.0. The second-order valence-electron chi connectivity index (χ2n) is 7.33. The summed E-state index contributed by atoms with van der Waals surface area (Å²) in [7, 11) is -1.78. The van der Waals surface area contributed by atoms with Crippen LogP contribution >= 0.6 is 0 Å². The van der Waals surface area contributed by atoms with Crippen LogP contribution < -0.4 is 14.9 Å². The summed E-state index contributed by atoms with van der Waals surface area (Å²) in [6.07, 6.45) is 0.758. The van der Waals surface area contributed by atoms with Crippen molar-refractivity contribution < 1.29 is 13.2 Å². The third kappa shape index (κ3) is 6.08. The van der Waals surface area contributed by atoms with Crippen LogP contribution in [-0.2, 0) is 10.0 Å². The lowest BCUT2D eigenvalue weighted by Crippen LogP contribution is -2.29. The van der Waals surface area contributed by atoms with Crippen molar-refractivity contribution in [2.75, 3.05) is 29.8 Å². The Labute approximate surface area is 184 Å². The molecule has 0 atom stereocenters. The predicted octanol–water partition coefficient (Wildman–Crippen LogP) is 4.05. The zero-order chi connectivity index (χ0) is 22.3. The highest BCUT2D eigenvalue weighted by atomic mass is 32.2. The molecule has 3 aromatic carbocycles. The number of benzene rings is 3. The maximum Gasteiger partial charge on any atom is 0.261 e. The van der Waals surface area contributed by atoms with E-state index in [4.69, 9.17) is 0 Å². The standard InChI is InChI=1S/C24H27N3O3S/c1-19-13-15-21(16-14-19)31(29,30)26-23-12-7-6-11-22(23)24(28)25-17-8-18-27(2)20-9-4-3-5-10-20/h3-7,9-16,26H,8,17-18H2,1-2H3,(H,25,28). The lowest BCUT2D eigenvalue weighted by atomic mass is 10.1. The molecule has 7 heteroatoms. The van der Waals surface area contributed by atoms with E-state index in [1.165, 1.54) is 0 Å². The molecule has 0 radical (unpaired) electrons. The van der Waals surface area contributed by atoms with E-state index in [0.717, 1.165) is 24.2 Å². The van der Waals surface area contributed by atoms with Gasteiger partial charge in [-0.3, -0.25) is 9.52 Å². The van der Waals surface area contributed by atoms with Crippen LogP contribution in [0.25, 0.3) is 0 Å². The van der Waals surface area contributed by atoms with E-state index in [2.05, 4.69) is 14.9 Å². The molecular weight excluding hydrogens is 410 g/mol. The molecule has 0 spiro atoms. The number of rotatable bonds is 9. The summed E-state index contributed by atoms with van der Waals surface area (Å²) in [5.41, 5.74) is 2.62. The van der Waals surface area contributed by atoms with Crippen molar-refractivity contribution in [2.24, 2.45) is 0 Å². The van der Waals surface area contributed by atoms with Gasteiger partial charge in [0.1, 0.15) is 0 Å². The highest BCUT2D eigenvalue weighted by molar-refractivity contribution is 7.92. The number of para-hydroxylation sites is 2. The van der Waals surface area contributed by atoms with Gasteiger partial charge in [0.25, 0.3) is 15.9 Å². The quantitative estimate of drug-likeness (QED) is 0.495. The van der Waals surface area contributed by atoms with E-state index in [-0.39, 0.29) is 22.1 Å². The van der Waals surface area contributed by atoms with E-state index >= 15 is 0 Å². The minimum absolute atomic E-state index is 0.150. The van der Waals surface area contributed by atoms with Crippen LogP contribution in [0.15, 0.2) is 83.8 Å². The fourth-order valence-electron chi connectivity index (χ4n) is 3.12. The van der Waals surface area contributed by atoms with Crippen LogP contribution in [0.5, 0.6) is 0 Å². The van der Waals surface area contributed by atoms with Gasteiger partial charge in [0.05, 0.1) is 16.1 Å². The normalized spacial score (nSPS) is 11.0. The molecule has 3 aromatic rings. The molecule has 6 nitrogen and oxygen atoms in total. The van der Waals surface area contributed by atoms with Crippen molar-refractivity contribution in [1.82, 2.24) is 5.32 Å². The number of carbonyl (C=O) groups is 1. The Hall–Kier alpha value is -3.32. The van der Waals surface area contributed by atoms with Gasteiger partial charge in [-0.05, 0) is 49.7 Å². The molecular formula is C24H27N3O3S. The first-order valence-corrected chi connectivity index (χ1v) is 11.6. The van der Waals surface area contributed by atoms with Gasteiger partial charge in [0.2, 0.25) is 0 Å². The van der Waals surface area contributed by atoms with Crippen molar-refractivity contribution >= 4 is 27.3 Å². The van der Waals surface area contributed by atoms with Gasteiger partial charge < -0.3 is 10.2 Å². The average Bonchev–Trinajstić information content (AvgIpc) is 2.77. The van der Waals surface area contributed by atoms with Gasteiger partial charge in [-0.15, -0.1) is 0 Å². The maximum atomic E-state index is 12.7. The molecule has 0 aliphatic rings. The SMILES string of the molecule is Cc1ccc(S(=O)(=O)Nc2ccccc2C(=O)NCCCN(C)c2ccccc2)cc1. The Bertz CT molecular complexity index is 1110. The number of hydrogen-bond acceptors (Lipinski definition) is 4. The molecule has 1 amide bonds. The van der Waals surface area contributed by atoms with Gasteiger partial charge >= 0.3 is 0 Å². The molecule has 0 heterocycles. The van der Waals surface area contributed by atoms with Gasteiger partial charge in [-0.2, -0.15) is 0 Å². The summed E-state index contributed by atoms with van der Waals surface area (Å²) in [5.74, 6) is -0.315. The molecule has 0 aliphatic heterocycles. The van der Waals surface area contributed by atoms with Gasteiger partial charge in [0, 0.05) is 25.8 Å². The Morgan fingerprint density at radius 3 is 2.26 bits per heavy atom. The smallest absolute Gasteiger partial charge is 0.261 e. The third-order valence-corrected chi connectivity index (χ3v) is 6.28. The first-order valence-electron chi connectivity index (χ1n) is 10.1. The number of hydrogen-bond donors (Lipinski definition) is 2. The van der Waals surface area contributed by atoms with Crippen molar-refractivity contribution in [3.8, 4) is 0 Å². The van der Waals surface area contributed by atoms with E-state index in [1.54, 1.807) is 48.5 Å². The molecule has 0 bridgehead atoms. The van der Waals surface area contributed by atoms with Crippen LogP contribution in [-0.4, -0.2) is 34.5 Å². The Kier molecular flexibility index (Phi) is 7.31. The summed E-state index contributed by atoms with van der Waals surface area (Å²) in [6, 6.07) is 23.2. The minimum Gasteiger partial charge on any atom is -0.375 e. The summed E-state index contributed by atoms with van der Waals surface area (Å²) < 4.78 is 28.0. The van der Waals surface area contributed by atoms with Crippen LogP contribution in [0.1, 0.15) is 22.3 Å². The van der Waals surface area contributed by atoms with Gasteiger partial charge in [0.15, 0.2) is 0 Å². The maximum absolute atomic E-state index is 12.7. The van der Waals surface area contributed by atoms with Crippen LogP contribution in [0, 0.1) is 6.92 Å². The molecule has 31 heavy (non-hydrogen) atoms. The van der Waals surface area contributed by atoms with E-state index in [9.17, 15) is 13.2 Å². The third-order valence-electron chi connectivity index (χ3n) is 4.90. The number of sulfonamides is 1. The number of amides is 1. The van der Waals surface area contributed by atoms with Gasteiger partial charge in [-0.25, -0.2) is 8.42 Å². The van der Waals surface area contributed by atoms with Crippen LogP contribution in [0.2, 0.25) is 0 Å². The van der Waals surface area contributed by atoms with Crippen LogP contribution in [0.4, 0.5) is 11.4 Å². The fraction of sp³-hybridized carbons (Fsp3) is 0.208. The zero-order valence-corrected chi connectivity index (χ0v) is 18.5. The largest absolute Gasteiger partial charge is 0.375 e. The van der Waals surface area contributed by atoms with Crippen molar-refractivity contribution in [3.05, 3.63) is 90.0 Å². The lowest BCUT2D eigenvalue weighted by molar-refractivity contribution is 0.0954. The summed E-state index contributed by atoms with van der Waals surface area (Å²) >= 11 is 0. The number of aryl methyl sites for hydroxylation is 1. The zero-order valence-electron chi connectivity index (χ0n) is 17.7. The van der Waals surface area contributed by atoms with Crippen molar-refractivity contribution in [2.45, 2.75) is 18.2 Å². The molecule has 0 saturated carbocycles.